The zero-order valence-electron chi connectivity index (χ0n) is 25.6. The molecule has 0 amide bonds. The predicted molar refractivity (Wildman–Crippen MR) is 164 cm³/mol. The van der Waals surface area contributed by atoms with Gasteiger partial charge in [0.15, 0.2) is 17.3 Å². The zero-order chi connectivity index (χ0) is 33.1. The number of esters is 1. The van der Waals surface area contributed by atoms with Crippen LogP contribution in [0.5, 0.6) is 23.0 Å². The Balaban J connectivity index is 1.80. The highest BCUT2D eigenvalue weighted by Gasteiger charge is 2.58. The number of aliphatic hydroxyl groups is 1. The maximum atomic E-state index is 13.2. The first-order chi connectivity index (χ1) is 22.0. The third-order valence-corrected chi connectivity index (χ3v) is 8.57. The summed E-state index contributed by atoms with van der Waals surface area (Å²) in [5.41, 5.74) is 0.632. The van der Waals surface area contributed by atoms with Crippen LogP contribution in [-0.4, -0.2) is 64.5 Å². The van der Waals surface area contributed by atoms with Gasteiger partial charge in [-0.1, -0.05) is 29.8 Å². The van der Waals surface area contributed by atoms with Gasteiger partial charge in [-0.25, -0.2) is 4.79 Å². The molecule has 5 rings (SSSR count). The number of allylic oxidation sites excluding steroid dienone is 1. The Labute approximate surface area is 266 Å². The molecule has 0 radical (unpaired) electrons. The Morgan fingerprint density at radius 2 is 1.63 bits per heavy atom. The highest BCUT2D eigenvalue weighted by molar-refractivity contribution is 7.85. The second-order valence-electron chi connectivity index (χ2n) is 10.6. The molecule has 0 bridgehead atoms. The van der Waals surface area contributed by atoms with E-state index in [1.807, 2.05) is 31.2 Å². The fourth-order valence-electron chi connectivity index (χ4n) is 5.65. The summed E-state index contributed by atoms with van der Waals surface area (Å²) in [5, 5.41) is 12.4. The maximum Gasteiger partial charge on any atom is 0.334 e. The zero-order valence-corrected chi connectivity index (χ0v) is 26.5. The molecule has 0 saturated carbocycles. The summed E-state index contributed by atoms with van der Waals surface area (Å²) in [4.78, 5) is 13.2. The van der Waals surface area contributed by atoms with Gasteiger partial charge in [-0.15, -0.1) is 0 Å². The molecule has 13 heteroatoms. The van der Waals surface area contributed by atoms with E-state index in [1.165, 1.54) is 33.7 Å². The minimum absolute atomic E-state index is 0.0234. The van der Waals surface area contributed by atoms with Crippen LogP contribution in [-0.2, 0) is 40.3 Å². The minimum atomic E-state index is -4.21. The van der Waals surface area contributed by atoms with Crippen LogP contribution >= 0.6 is 0 Å². The molecule has 2 heterocycles. The molecule has 2 atom stereocenters. The van der Waals surface area contributed by atoms with E-state index >= 15 is 0 Å². The van der Waals surface area contributed by atoms with Gasteiger partial charge in [0.1, 0.15) is 17.4 Å². The Bertz CT molecular complexity index is 1760. The van der Waals surface area contributed by atoms with E-state index in [-0.39, 0.29) is 54.0 Å². The monoisotopic (exact) mass is 654 g/mol. The van der Waals surface area contributed by atoms with Crippen LogP contribution < -0.4 is 18.9 Å². The van der Waals surface area contributed by atoms with Crippen molar-refractivity contribution in [2.75, 3.05) is 40.5 Å². The molecular weight excluding hydrogens is 620 g/mol. The summed E-state index contributed by atoms with van der Waals surface area (Å²) in [7, 11) is 0.147. The van der Waals surface area contributed by atoms with Crippen molar-refractivity contribution in [2.24, 2.45) is 0 Å². The summed E-state index contributed by atoms with van der Waals surface area (Å²) >= 11 is 0. The van der Waals surface area contributed by atoms with Gasteiger partial charge in [0.2, 0.25) is 12.5 Å². The first-order valence-corrected chi connectivity index (χ1v) is 15.8. The van der Waals surface area contributed by atoms with Crippen molar-refractivity contribution in [1.82, 2.24) is 0 Å². The van der Waals surface area contributed by atoms with Crippen LogP contribution in [0.1, 0.15) is 28.7 Å². The van der Waals surface area contributed by atoms with E-state index in [1.54, 1.807) is 36.4 Å². The molecule has 2 aliphatic heterocycles. The highest BCUT2D eigenvalue weighted by Crippen LogP contribution is 2.57. The molecule has 244 valence electrons. The van der Waals surface area contributed by atoms with Gasteiger partial charge in [0.25, 0.3) is 15.9 Å². The van der Waals surface area contributed by atoms with Crippen molar-refractivity contribution < 1.29 is 56.0 Å². The molecular formula is C33H34O12S. The topological polar surface area (TPSA) is 156 Å². The quantitative estimate of drug-likeness (QED) is 0.155. The van der Waals surface area contributed by atoms with Gasteiger partial charge in [-0.3, -0.25) is 4.55 Å². The number of methoxy groups -OCH3 is 3. The summed E-state index contributed by atoms with van der Waals surface area (Å²) < 4.78 is 71.8. The molecule has 12 nitrogen and oxygen atoms in total. The van der Waals surface area contributed by atoms with Crippen LogP contribution in [0.2, 0.25) is 0 Å². The predicted octanol–water partition coefficient (Wildman–Crippen LogP) is 4.14. The van der Waals surface area contributed by atoms with Crippen molar-refractivity contribution >= 4 is 16.1 Å². The van der Waals surface area contributed by atoms with E-state index in [4.69, 9.17) is 33.2 Å². The van der Waals surface area contributed by atoms with Gasteiger partial charge < -0.3 is 38.3 Å². The van der Waals surface area contributed by atoms with Gasteiger partial charge in [0, 0.05) is 17.2 Å². The standard InChI is InChI=1S/C33H34O12S/c1-21-6-8-22(9-7-21)32(29-19-42-20-44-29,28-18-30(34)45-33(28,35)23-10-12-25(39-2)13-11-23)24-16-26(40-3)31(41-4)27(17-24)43-14-5-15-46(36,37)38/h6-13,16-19,35H,5,14-15,20H2,1-4H3,(H,36,37,38). The van der Waals surface area contributed by atoms with Crippen molar-refractivity contribution in [3.8, 4) is 23.0 Å². The van der Waals surface area contributed by atoms with E-state index in [0.717, 1.165) is 5.56 Å². The Kier molecular flexibility index (Phi) is 9.20. The average Bonchev–Trinajstić information content (AvgIpc) is 3.68. The SMILES string of the molecule is COc1ccc(C2(O)OC(=O)C=C2C(C2=COCO2)(c2ccc(C)cc2)c2cc(OC)c(OC)c(OCCCS(=O)(=O)O)c2)cc1. The lowest BCUT2D eigenvalue weighted by atomic mass is 9.64. The van der Waals surface area contributed by atoms with E-state index < -0.39 is 33.0 Å². The molecule has 0 fully saturated rings. The molecule has 2 N–H and O–H groups in total. The third kappa shape index (κ3) is 6.08. The first kappa shape index (κ1) is 32.7. The lowest BCUT2D eigenvalue weighted by Gasteiger charge is -2.41. The molecule has 2 unspecified atom stereocenters. The van der Waals surface area contributed by atoms with Crippen molar-refractivity contribution in [1.29, 1.82) is 0 Å². The molecule has 3 aromatic carbocycles. The largest absolute Gasteiger partial charge is 0.497 e. The van der Waals surface area contributed by atoms with Crippen LogP contribution in [0, 0.1) is 6.92 Å². The minimum Gasteiger partial charge on any atom is -0.497 e. The van der Waals surface area contributed by atoms with Crippen molar-refractivity contribution in [2.45, 2.75) is 24.5 Å². The van der Waals surface area contributed by atoms with E-state index in [0.29, 0.717) is 16.9 Å². The lowest BCUT2D eigenvalue weighted by molar-refractivity contribution is -0.187. The highest BCUT2D eigenvalue weighted by atomic mass is 32.2. The van der Waals surface area contributed by atoms with Crippen molar-refractivity contribution in [3.63, 3.8) is 0 Å². The van der Waals surface area contributed by atoms with E-state index in [9.17, 15) is 22.9 Å². The number of aryl methyl sites for hydroxylation is 1. The maximum absolute atomic E-state index is 13.2. The number of carbonyl (C=O) groups excluding carboxylic acids is 1. The molecule has 0 aromatic heterocycles. The lowest BCUT2D eigenvalue weighted by Crippen LogP contribution is -2.43. The van der Waals surface area contributed by atoms with Crippen LogP contribution in [0.4, 0.5) is 0 Å². The molecule has 2 aliphatic rings. The smallest absolute Gasteiger partial charge is 0.334 e. The van der Waals surface area contributed by atoms with Gasteiger partial charge in [-0.2, -0.15) is 8.42 Å². The Morgan fingerprint density at radius 1 is 0.935 bits per heavy atom. The number of carbonyl (C=O) groups is 1. The van der Waals surface area contributed by atoms with Crippen LogP contribution in [0.3, 0.4) is 0 Å². The summed E-state index contributed by atoms with van der Waals surface area (Å²) in [6.45, 7) is 1.67. The molecule has 0 saturated heterocycles. The average molecular weight is 655 g/mol. The fraction of sp³-hybridized carbons (Fsp3) is 0.303. The second-order valence-corrected chi connectivity index (χ2v) is 12.1. The normalized spacial score (nSPS) is 18.8. The molecule has 46 heavy (non-hydrogen) atoms. The summed E-state index contributed by atoms with van der Waals surface area (Å²) in [6, 6.07) is 17.1. The number of hydrogen-bond donors (Lipinski definition) is 2. The Morgan fingerprint density at radius 3 is 2.22 bits per heavy atom. The van der Waals surface area contributed by atoms with Crippen LogP contribution in [0.15, 0.2) is 84.3 Å². The van der Waals surface area contributed by atoms with Gasteiger partial charge >= 0.3 is 5.97 Å². The van der Waals surface area contributed by atoms with E-state index in [2.05, 4.69) is 0 Å². The number of rotatable bonds is 13. The molecule has 3 aromatic rings. The van der Waals surface area contributed by atoms with Crippen LogP contribution in [0.25, 0.3) is 0 Å². The third-order valence-electron chi connectivity index (χ3n) is 7.77. The Hall–Kier alpha value is -4.72. The second kappa shape index (κ2) is 12.9. The van der Waals surface area contributed by atoms with Crippen molar-refractivity contribution in [3.05, 3.63) is 107 Å². The summed E-state index contributed by atoms with van der Waals surface area (Å²) in [6.07, 6.45) is 2.60. The first-order valence-electron chi connectivity index (χ1n) is 14.2. The molecule has 0 spiro atoms. The number of ether oxygens (including phenoxy) is 7. The summed E-state index contributed by atoms with van der Waals surface area (Å²) in [5.74, 6) is -2.29. The molecule has 0 aliphatic carbocycles. The fourth-order valence-corrected chi connectivity index (χ4v) is 6.14. The van der Waals surface area contributed by atoms with Gasteiger partial charge in [-0.05, 0) is 60.9 Å². The number of cyclic esters (lactones) is 1. The van der Waals surface area contributed by atoms with Gasteiger partial charge in [0.05, 0.1) is 33.7 Å². The number of hydrogen-bond acceptors (Lipinski definition) is 11. The number of benzene rings is 3.